The topological polar surface area (TPSA) is 6.25 Å². The van der Waals surface area contributed by atoms with Gasteiger partial charge in [-0.25, -0.2) is 0 Å². The molecule has 82 valence electrons. The zero-order valence-corrected chi connectivity index (χ0v) is 10.2. The molecule has 2 nitrogen and oxygen atoms in total. The van der Waals surface area contributed by atoms with Gasteiger partial charge in [0.2, 0.25) is 5.84 Å². The van der Waals surface area contributed by atoms with Crippen LogP contribution in [0.15, 0.2) is 0 Å². The van der Waals surface area contributed by atoms with Crippen LogP contribution in [0.25, 0.3) is 0 Å². The third-order valence-corrected chi connectivity index (χ3v) is 3.32. The van der Waals surface area contributed by atoms with Gasteiger partial charge in [-0.05, 0) is 12.8 Å². The van der Waals surface area contributed by atoms with E-state index in [4.69, 9.17) is 0 Å². The molecule has 1 rings (SSSR count). The predicted molar refractivity (Wildman–Crippen MR) is 62.0 cm³/mol. The molecule has 0 saturated heterocycles. The lowest BCUT2D eigenvalue weighted by molar-refractivity contribution is -0.489. The number of nitrogens with zero attached hydrogens (tertiary/aromatic N) is 2. The molecule has 0 spiro atoms. The highest BCUT2D eigenvalue weighted by Gasteiger charge is 2.30. The van der Waals surface area contributed by atoms with E-state index in [1.54, 1.807) is 5.84 Å². The molecule has 0 aromatic carbocycles. The molecule has 1 atom stereocenters. The van der Waals surface area contributed by atoms with E-state index in [2.05, 4.69) is 37.4 Å². The number of hydrogen-bond donors (Lipinski definition) is 0. The molecule has 14 heavy (non-hydrogen) atoms. The monoisotopic (exact) mass is 197 g/mol. The highest BCUT2D eigenvalue weighted by atomic mass is 15.3. The van der Waals surface area contributed by atoms with Gasteiger partial charge < -0.3 is 0 Å². The summed E-state index contributed by atoms with van der Waals surface area (Å²) < 4.78 is 2.43. The van der Waals surface area contributed by atoms with Crippen molar-refractivity contribution in [3.63, 3.8) is 0 Å². The average Bonchev–Trinajstić information content (AvgIpc) is 2.50. The van der Waals surface area contributed by atoms with Crippen LogP contribution in [-0.2, 0) is 0 Å². The quantitative estimate of drug-likeness (QED) is 0.612. The summed E-state index contributed by atoms with van der Waals surface area (Å²) in [4.78, 5) is 2.43. The lowest BCUT2D eigenvalue weighted by Gasteiger charge is -2.16. The zero-order chi connectivity index (χ0) is 10.6. The molecule has 0 aromatic rings. The van der Waals surface area contributed by atoms with E-state index in [0.717, 1.165) is 5.92 Å². The predicted octanol–water partition coefficient (Wildman–Crippen LogP) is 2.19. The number of likely N-dealkylation sites (N-methyl/N-ethyl adjacent to an activating group) is 2. The highest BCUT2D eigenvalue weighted by molar-refractivity contribution is 5.80. The van der Waals surface area contributed by atoms with Crippen LogP contribution in [-0.4, -0.2) is 42.5 Å². The molecule has 0 saturated carbocycles. The first-order valence-electron chi connectivity index (χ1n) is 5.99. The van der Waals surface area contributed by atoms with Gasteiger partial charge in [0, 0.05) is 0 Å². The van der Waals surface area contributed by atoms with Crippen molar-refractivity contribution in [2.24, 2.45) is 5.92 Å². The molecular weight excluding hydrogens is 172 g/mol. The van der Waals surface area contributed by atoms with Gasteiger partial charge in [0.25, 0.3) is 0 Å². The van der Waals surface area contributed by atoms with Gasteiger partial charge in [0.05, 0.1) is 20.0 Å². The van der Waals surface area contributed by atoms with Crippen LogP contribution >= 0.6 is 0 Å². The second kappa shape index (κ2) is 5.38. The van der Waals surface area contributed by atoms with Gasteiger partial charge in [0.15, 0.2) is 0 Å². The molecule has 1 unspecified atom stereocenters. The Morgan fingerprint density at radius 2 is 2.14 bits per heavy atom. The van der Waals surface area contributed by atoms with E-state index in [1.165, 1.54) is 38.8 Å². The molecule has 0 aromatic heterocycles. The van der Waals surface area contributed by atoms with Gasteiger partial charge in [-0.1, -0.05) is 26.7 Å². The molecule has 1 aliphatic heterocycles. The van der Waals surface area contributed by atoms with E-state index in [9.17, 15) is 0 Å². The van der Waals surface area contributed by atoms with Gasteiger partial charge >= 0.3 is 0 Å². The standard InChI is InChI=1S/C12H25N2/c1-5-7-8-11(6-2)12-13(3)9-10-14(12)4/h11H,5-10H2,1-4H3/q+1. The van der Waals surface area contributed by atoms with Gasteiger partial charge in [-0.3, -0.25) is 9.48 Å². The first-order chi connectivity index (χ1) is 6.70. The van der Waals surface area contributed by atoms with Crippen molar-refractivity contribution in [3.05, 3.63) is 0 Å². The minimum Gasteiger partial charge on any atom is -0.264 e. The maximum absolute atomic E-state index is 2.43. The summed E-state index contributed by atoms with van der Waals surface area (Å²) in [7, 11) is 4.46. The number of rotatable bonds is 5. The summed E-state index contributed by atoms with van der Waals surface area (Å²) in [5.41, 5.74) is 0. The molecule has 0 N–H and O–H groups in total. The SMILES string of the molecule is CCCCC(CC)C1=[N+](C)CCN1C. The van der Waals surface area contributed by atoms with Crippen LogP contribution in [0, 0.1) is 5.92 Å². The summed E-state index contributed by atoms with van der Waals surface area (Å²) in [6.45, 7) is 7.00. The first kappa shape index (κ1) is 11.5. The van der Waals surface area contributed by atoms with E-state index < -0.39 is 0 Å². The van der Waals surface area contributed by atoms with Crippen LogP contribution in [0.5, 0.6) is 0 Å². The molecule has 0 aliphatic carbocycles. The Bertz CT molecular complexity index is 208. The van der Waals surface area contributed by atoms with Crippen molar-refractivity contribution in [2.75, 3.05) is 27.2 Å². The van der Waals surface area contributed by atoms with Crippen molar-refractivity contribution >= 4 is 5.84 Å². The number of hydrogen-bond acceptors (Lipinski definition) is 1. The Hall–Kier alpha value is -0.530. The number of amidine groups is 1. The summed E-state index contributed by atoms with van der Waals surface area (Å²) in [6, 6.07) is 0. The smallest absolute Gasteiger partial charge is 0.249 e. The van der Waals surface area contributed by atoms with Crippen LogP contribution in [0.3, 0.4) is 0 Å². The largest absolute Gasteiger partial charge is 0.264 e. The summed E-state index contributed by atoms with van der Waals surface area (Å²) in [5.74, 6) is 2.36. The third kappa shape index (κ3) is 2.49. The molecular formula is C12H25N2+. The van der Waals surface area contributed by atoms with Crippen LogP contribution in [0.4, 0.5) is 0 Å². The van der Waals surface area contributed by atoms with Crippen LogP contribution < -0.4 is 0 Å². The third-order valence-electron chi connectivity index (χ3n) is 3.32. The Morgan fingerprint density at radius 3 is 2.57 bits per heavy atom. The lowest BCUT2D eigenvalue weighted by atomic mass is 9.97. The minimum absolute atomic E-state index is 0.785. The molecule has 1 heterocycles. The molecule has 2 heteroatoms. The number of unbranched alkanes of at least 4 members (excludes halogenated alkanes) is 1. The summed E-state index contributed by atoms with van der Waals surface area (Å²) in [5, 5.41) is 0. The zero-order valence-electron chi connectivity index (χ0n) is 10.2. The van der Waals surface area contributed by atoms with Gasteiger partial charge in [-0.15, -0.1) is 0 Å². The van der Waals surface area contributed by atoms with Gasteiger partial charge in [0.1, 0.15) is 13.1 Å². The molecule has 0 bridgehead atoms. The fraction of sp³-hybridized carbons (Fsp3) is 0.917. The van der Waals surface area contributed by atoms with E-state index in [-0.39, 0.29) is 0 Å². The van der Waals surface area contributed by atoms with Crippen molar-refractivity contribution in [1.29, 1.82) is 0 Å². The molecule has 0 radical (unpaired) electrons. The summed E-state index contributed by atoms with van der Waals surface area (Å²) >= 11 is 0. The second-order valence-corrected chi connectivity index (χ2v) is 4.45. The van der Waals surface area contributed by atoms with E-state index in [0.29, 0.717) is 0 Å². The van der Waals surface area contributed by atoms with Crippen molar-refractivity contribution in [2.45, 2.75) is 39.5 Å². The molecule has 1 aliphatic rings. The Balaban J connectivity index is 2.63. The van der Waals surface area contributed by atoms with E-state index in [1.807, 2.05) is 0 Å². The van der Waals surface area contributed by atoms with Crippen molar-refractivity contribution in [1.82, 2.24) is 4.90 Å². The maximum atomic E-state index is 2.43. The Morgan fingerprint density at radius 1 is 1.43 bits per heavy atom. The average molecular weight is 197 g/mol. The highest BCUT2D eigenvalue weighted by Crippen LogP contribution is 2.18. The molecule has 0 fully saturated rings. The fourth-order valence-corrected chi connectivity index (χ4v) is 2.41. The van der Waals surface area contributed by atoms with Gasteiger partial charge in [-0.2, -0.15) is 0 Å². The first-order valence-corrected chi connectivity index (χ1v) is 5.99. The van der Waals surface area contributed by atoms with E-state index >= 15 is 0 Å². The Labute approximate surface area is 88.6 Å². The Kier molecular flexibility index (Phi) is 4.43. The lowest BCUT2D eigenvalue weighted by Crippen LogP contribution is -2.32. The van der Waals surface area contributed by atoms with Crippen molar-refractivity contribution in [3.8, 4) is 0 Å². The second-order valence-electron chi connectivity index (χ2n) is 4.45. The minimum atomic E-state index is 0.785. The van der Waals surface area contributed by atoms with Crippen LogP contribution in [0.1, 0.15) is 39.5 Å². The van der Waals surface area contributed by atoms with Crippen molar-refractivity contribution < 1.29 is 4.58 Å². The van der Waals surface area contributed by atoms with Crippen LogP contribution in [0.2, 0.25) is 0 Å². The fourth-order valence-electron chi connectivity index (χ4n) is 2.41. The molecule has 0 amide bonds. The maximum Gasteiger partial charge on any atom is 0.249 e. The summed E-state index contributed by atoms with van der Waals surface area (Å²) in [6.07, 6.45) is 5.32. The normalized spacial score (nSPS) is 19.3.